The molecule has 4 nitrogen and oxygen atoms in total. The van der Waals surface area contributed by atoms with E-state index in [1.807, 2.05) is 6.92 Å². The van der Waals surface area contributed by atoms with Crippen molar-refractivity contribution in [1.82, 2.24) is 4.31 Å². The van der Waals surface area contributed by atoms with Gasteiger partial charge in [0.25, 0.3) is 0 Å². The third kappa shape index (κ3) is 3.36. The molecule has 1 aromatic rings. The zero-order chi connectivity index (χ0) is 14.6. The lowest BCUT2D eigenvalue weighted by Crippen LogP contribution is -2.44. The molecular formula is C14H18N2O2S2. The summed E-state index contributed by atoms with van der Waals surface area (Å²) in [6, 6.07) is 6.71. The fourth-order valence-electron chi connectivity index (χ4n) is 2.07. The van der Waals surface area contributed by atoms with Crippen molar-refractivity contribution in [1.29, 1.82) is 0 Å². The van der Waals surface area contributed by atoms with Crippen LogP contribution >= 0.6 is 11.8 Å². The van der Waals surface area contributed by atoms with Gasteiger partial charge in [-0.05, 0) is 31.2 Å². The number of hydrogen-bond acceptors (Lipinski definition) is 4. The van der Waals surface area contributed by atoms with Gasteiger partial charge in [0.2, 0.25) is 10.0 Å². The van der Waals surface area contributed by atoms with Gasteiger partial charge in [-0.3, -0.25) is 0 Å². The molecule has 1 atom stereocenters. The number of nitrogens with two attached hydrogens (primary N) is 1. The molecule has 2 N–H and O–H groups in total. The maximum atomic E-state index is 12.6. The highest BCUT2D eigenvalue weighted by molar-refractivity contribution is 7.99. The molecule has 0 aromatic heterocycles. The Bertz CT molecular complexity index is 615. The van der Waals surface area contributed by atoms with Crippen molar-refractivity contribution < 1.29 is 8.42 Å². The quantitative estimate of drug-likeness (QED) is 0.832. The van der Waals surface area contributed by atoms with Gasteiger partial charge in [0.1, 0.15) is 0 Å². The van der Waals surface area contributed by atoms with Gasteiger partial charge in [-0.2, -0.15) is 16.1 Å². The molecule has 0 radical (unpaired) electrons. The van der Waals surface area contributed by atoms with E-state index in [1.165, 1.54) is 0 Å². The second-order valence-electron chi connectivity index (χ2n) is 4.57. The average Bonchev–Trinajstić information content (AvgIpc) is 2.46. The second-order valence-corrected chi connectivity index (χ2v) is 7.61. The molecule has 0 amide bonds. The summed E-state index contributed by atoms with van der Waals surface area (Å²) < 4.78 is 26.8. The van der Waals surface area contributed by atoms with Gasteiger partial charge in [-0.25, -0.2) is 8.42 Å². The normalized spacial score (nSPS) is 20.2. The van der Waals surface area contributed by atoms with E-state index in [9.17, 15) is 8.42 Å². The predicted molar refractivity (Wildman–Crippen MR) is 83.1 cm³/mol. The second kappa shape index (κ2) is 6.64. The van der Waals surface area contributed by atoms with Gasteiger partial charge in [-0.1, -0.05) is 11.8 Å². The Labute approximate surface area is 124 Å². The molecule has 6 heteroatoms. The van der Waals surface area contributed by atoms with Crippen molar-refractivity contribution in [2.24, 2.45) is 5.73 Å². The van der Waals surface area contributed by atoms with Crippen LogP contribution in [-0.4, -0.2) is 43.4 Å². The van der Waals surface area contributed by atoms with Crippen LogP contribution in [0.1, 0.15) is 12.5 Å². The Balaban J connectivity index is 2.25. The maximum absolute atomic E-state index is 12.6. The Morgan fingerprint density at radius 3 is 2.70 bits per heavy atom. The summed E-state index contributed by atoms with van der Waals surface area (Å²) in [7, 11) is -3.40. The molecule has 1 fully saturated rings. The Hall–Kier alpha value is -1.00. The van der Waals surface area contributed by atoms with Crippen LogP contribution < -0.4 is 5.73 Å². The number of sulfonamides is 1. The Morgan fingerprint density at radius 1 is 1.40 bits per heavy atom. The first-order valence-electron chi connectivity index (χ1n) is 6.44. The molecule has 0 saturated carbocycles. The summed E-state index contributed by atoms with van der Waals surface area (Å²) in [4.78, 5) is 0.328. The fourth-order valence-corrected chi connectivity index (χ4v) is 4.92. The first-order valence-corrected chi connectivity index (χ1v) is 9.04. The van der Waals surface area contributed by atoms with Crippen LogP contribution in [0, 0.1) is 11.8 Å². The molecule has 108 valence electrons. The monoisotopic (exact) mass is 310 g/mol. The third-order valence-corrected chi connectivity index (χ3v) is 6.32. The van der Waals surface area contributed by atoms with Crippen LogP contribution in [0.15, 0.2) is 29.2 Å². The summed E-state index contributed by atoms with van der Waals surface area (Å²) in [6.07, 6.45) is 0. The molecule has 1 aliphatic heterocycles. The molecule has 1 heterocycles. The van der Waals surface area contributed by atoms with E-state index in [0.29, 0.717) is 18.0 Å². The summed E-state index contributed by atoms with van der Waals surface area (Å²) in [5, 5.41) is 0. The van der Waals surface area contributed by atoms with Crippen LogP contribution in [-0.2, 0) is 10.0 Å². The highest BCUT2D eigenvalue weighted by Gasteiger charge is 2.30. The van der Waals surface area contributed by atoms with Crippen LogP contribution in [0.4, 0.5) is 0 Å². The van der Waals surface area contributed by atoms with E-state index in [2.05, 4.69) is 11.8 Å². The average molecular weight is 310 g/mol. The Morgan fingerprint density at radius 2 is 2.10 bits per heavy atom. The van der Waals surface area contributed by atoms with Crippen LogP contribution in [0.5, 0.6) is 0 Å². The minimum atomic E-state index is -3.40. The van der Waals surface area contributed by atoms with E-state index in [0.717, 1.165) is 17.1 Å². The minimum Gasteiger partial charge on any atom is -0.320 e. The van der Waals surface area contributed by atoms with E-state index < -0.39 is 10.0 Å². The molecular weight excluding hydrogens is 292 g/mol. The van der Waals surface area contributed by atoms with Gasteiger partial charge in [-0.15, -0.1) is 0 Å². The van der Waals surface area contributed by atoms with E-state index in [1.54, 1.807) is 40.3 Å². The number of benzene rings is 1. The zero-order valence-corrected chi connectivity index (χ0v) is 13.0. The lowest BCUT2D eigenvalue weighted by Gasteiger charge is -2.31. The molecule has 20 heavy (non-hydrogen) atoms. The van der Waals surface area contributed by atoms with Crippen molar-refractivity contribution in [3.05, 3.63) is 29.8 Å². The minimum absolute atomic E-state index is 0.0375. The molecule has 0 spiro atoms. The number of rotatable bonds is 2. The van der Waals surface area contributed by atoms with Crippen molar-refractivity contribution in [3.63, 3.8) is 0 Å². The first kappa shape index (κ1) is 15.4. The molecule has 1 unspecified atom stereocenters. The smallest absolute Gasteiger partial charge is 0.243 e. The van der Waals surface area contributed by atoms with Crippen LogP contribution in [0.25, 0.3) is 0 Å². The molecule has 0 bridgehead atoms. The number of thioether (sulfide) groups is 1. The summed E-state index contributed by atoms with van der Waals surface area (Å²) in [5.74, 6) is 7.33. The summed E-state index contributed by atoms with van der Waals surface area (Å²) in [6.45, 7) is 2.82. The van der Waals surface area contributed by atoms with Crippen molar-refractivity contribution >= 4 is 21.8 Å². The highest BCUT2D eigenvalue weighted by atomic mass is 32.2. The largest absolute Gasteiger partial charge is 0.320 e. The Kier molecular flexibility index (Phi) is 5.11. The van der Waals surface area contributed by atoms with Crippen molar-refractivity contribution in [2.45, 2.75) is 17.9 Å². The van der Waals surface area contributed by atoms with E-state index >= 15 is 0 Å². The van der Waals surface area contributed by atoms with Crippen molar-refractivity contribution in [3.8, 4) is 11.8 Å². The predicted octanol–water partition coefficient (Wildman–Crippen LogP) is 1.12. The molecule has 1 saturated heterocycles. The van der Waals surface area contributed by atoms with E-state index in [-0.39, 0.29) is 6.04 Å². The lowest BCUT2D eigenvalue weighted by molar-refractivity contribution is 0.367. The molecule has 0 aliphatic carbocycles. The van der Waals surface area contributed by atoms with Gasteiger partial charge < -0.3 is 5.73 Å². The maximum Gasteiger partial charge on any atom is 0.243 e. The third-order valence-electron chi connectivity index (χ3n) is 3.10. The fraction of sp³-hybridized carbons (Fsp3) is 0.429. The van der Waals surface area contributed by atoms with Gasteiger partial charge >= 0.3 is 0 Å². The van der Waals surface area contributed by atoms with E-state index in [4.69, 9.17) is 5.73 Å². The number of hydrogen-bond donors (Lipinski definition) is 1. The summed E-state index contributed by atoms with van der Waals surface area (Å²) >= 11 is 1.79. The molecule has 1 aromatic carbocycles. The van der Waals surface area contributed by atoms with Crippen molar-refractivity contribution in [2.75, 3.05) is 24.6 Å². The summed E-state index contributed by atoms with van der Waals surface area (Å²) in [5.41, 5.74) is 6.08. The first-order chi connectivity index (χ1) is 9.55. The molecule has 1 aliphatic rings. The molecule has 2 rings (SSSR count). The van der Waals surface area contributed by atoms with Gasteiger partial charge in [0.15, 0.2) is 0 Å². The highest BCUT2D eigenvalue weighted by Crippen LogP contribution is 2.24. The van der Waals surface area contributed by atoms with Gasteiger partial charge in [0.05, 0.1) is 11.4 Å². The SMILES string of the molecule is CC1CSCCN1S(=O)(=O)c1ccc(C#CCN)cc1. The number of nitrogens with zero attached hydrogens (tertiary/aromatic N) is 1. The topological polar surface area (TPSA) is 63.4 Å². The standard InChI is InChI=1S/C14H18N2O2S2/c1-12-11-19-10-9-16(12)20(17,18)14-6-4-13(5-7-14)3-2-8-15/h4-7,12H,8-11,15H2,1H3. The zero-order valence-electron chi connectivity index (χ0n) is 11.4. The van der Waals surface area contributed by atoms with Gasteiger partial charge in [0, 0.05) is 29.7 Å². The van der Waals surface area contributed by atoms with Crippen LogP contribution in [0.3, 0.4) is 0 Å². The lowest BCUT2D eigenvalue weighted by atomic mass is 10.2. The van der Waals surface area contributed by atoms with Crippen LogP contribution in [0.2, 0.25) is 0 Å².